The Morgan fingerprint density at radius 1 is 1.20 bits per heavy atom. The monoisotopic (exact) mass is 329 g/mol. The molecule has 0 saturated heterocycles. The van der Waals surface area contributed by atoms with Crippen LogP contribution < -0.4 is 5.43 Å². The van der Waals surface area contributed by atoms with E-state index in [1.165, 1.54) is 5.56 Å². The lowest BCUT2D eigenvalue weighted by Crippen LogP contribution is -2.20. The summed E-state index contributed by atoms with van der Waals surface area (Å²) < 4.78 is 0. The highest BCUT2D eigenvalue weighted by atomic mass is 16.2. The lowest BCUT2D eigenvalue weighted by atomic mass is 10.1. The Kier molecular flexibility index (Phi) is 4.02. The number of aromatic nitrogens is 1. The predicted molar refractivity (Wildman–Crippen MR) is 99.5 cm³/mol. The van der Waals surface area contributed by atoms with E-state index in [2.05, 4.69) is 27.6 Å². The summed E-state index contributed by atoms with van der Waals surface area (Å²) in [6.07, 6.45) is 4.38. The van der Waals surface area contributed by atoms with Crippen molar-refractivity contribution in [1.82, 2.24) is 10.4 Å². The van der Waals surface area contributed by atoms with Crippen LogP contribution in [0.25, 0.3) is 10.9 Å². The number of benzene rings is 2. The zero-order valence-electron chi connectivity index (χ0n) is 14.0. The van der Waals surface area contributed by atoms with Crippen molar-refractivity contribution >= 4 is 23.0 Å². The number of nitrogens with zero attached hydrogens (tertiary/aromatic N) is 2. The van der Waals surface area contributed by atoms with Gasteiger partial charge in [-0.15, -0.1) is 0 Å². The van der Waals surface area contributed by atoms with Gasteiger partial charge in [0.1, 0.15) is 0 Å². The second-order valence-corrected chi connectivity index (χ2v) is 6.51. The second kappa shape index (κ2) is 6.48. The molecule has 1 aromatic heterocycles. The first kappa shape index (κ1) is 15.5. The Hall–Kier alpha value is -3.01. The number of rotatable bonds is 4. The number of aryl methyl sites for hydroxylation is 1. The quantitative estimate of drug-likeness (QED) is 0.585. The average Bonchev–Trinajstić information content (AvgIpc) is 3.43. The zero-order valence-corrected chi connectivity index (χ0v) is 14.0. The Balaban J connectivity index is 1.41. The van der Waals surface area contributed by atoms with Gasteiger partial charge in [-0.3, -0.25) is 9.78 Å². The van der Waals surface area contributed by atoms with Crippen LogP contribution in [0.1, 0.15) is 29.0 Å². The van der Waals surface area contributed by atoms with Crippen LogP contribution in [0, 0.1) is 12.8 Å². The van der Waals surface area contributed by atoms with Crippen molar-refractivity contribution in [2.75, 3.05) is 0 Å². The molecule has 1 heterocycles. The number of hydrazone groups is 1. The molecule has 0 radical (unpaired) electrons. The highest BCUT2D eigenvalue weighted by molar-refractivity contribution is 5.91. The Bertz CT molecular complexity index is 950. The molecule has 2 aromatic carbocycles. The highest BCUT2D eigenvalue weighted by Gasteiger charge is 2.43. The zero-order chi connectivity index (χ0) is 17.2. The first-order chi connectivity index (χ1) is 12.2. The van der Waals surface area contributed by atoms with Crippen molar-refractivity contribution in [3.63, 3.8) is 0 Å². The third-order valence-corrected chi connectivity index (χ3v) is 4.66. The molecule has 0 spiro atoms. The maximum atomic E-state index is 12.2. The molecule has 1 fully saturated rings. The van der Waals surface area contributed by atoms with Crippen molar-refractivity contribution in [2.24, 2.45) is 11.0 Å². The van der Waals surface area contributed by atoms with E-state index in [1.54, 1.807) is 12.4 Å². The molecular weight excluding hydrogens is 310 g/mol. The van der Waals surface area contributed by atoms with Crippen molar-refractivity contribution in [1.29, 1.82) is 0 Å². The summed E-state index contributed by atoms with van der Waals surface area (Å²) in [5.74, 6) is 0.344. The molecule has 4 heteroatoms. The molecule has 0 unspecified atom stereocenters. The normalized spacial score (nSPS) is 19.2. The Morgan fingerprint density at radius 3 is 2.88 bits per heavy atom. The molecule has 1 N–H and O–H groups in total. The van der Waals surface area contributed by atoms with E-state index in [4.69, 9.17) is 0 Å². The van der Waals surface area contributed by atoms with Gasteiger partial charge in [0.15, 0.2) is 0 Å². The first-order valence-corrected chi connectivity index (χ1v) is 8.45. The van der Waals surface area contributed by atoms with Gasteiger partial charge in [0.25, 0.3) is 0 Å². The number of hydrogen-bond donors (Lipinski definition) is 1. The fraction of sp³-hybridized carbons (Fsp3) is 0.190. The van der Waals surface area contributed by atoms with Crippen LogP contribution in [0.5, 0.6) is 0 Å². The van der Waals surface area contributed by atoms with E-state index in [0.717, 1.165) is 28.5 Å². The van der Waals surface area contributed by atoms with Crippen LogP contribution >= 0.6 is 0 Å². The standard InChI is InChI=1S/C21H19N3O/c1-14-10-15(11-17-8-5-9-22-20(14)17)13-23-24-21(25)19-12-18(19)16-6-3-2-4-7-16/h2-11,13,18-19H,12H2,1H3,(H,24,25)/b23-13+/t18-,19+/m0/s1. The maximum Gasteiger partial charge on any atom is 0.243 e. The molecule has 0 aliphatic heterocycles. The van der Waals surface area contributed by atoms with Crippen LogP contribution in [0.3, 0.4) is 0 Å². The van der Waals surface area contributed by atoms with Crippen molar-refractivity contribution < 1.29 is 4.79 Å². The number of fused-ring (bicyclic) bond motifs is 1. The summed E-state index contributed by atoms with van der Waals surface area (Å²) >= 11 is 0. The minimum Gasteiger partial charge on any atom is -0.273 e. The van der Waals surface area contributed by atoms with Gasteiger partial charge in [-0.2, -0.15) is 5.10 Å². The van der Waals surface area contributed by atoms with Gasteiger partial charge in [-0.1, -0.05) is 36.4 Å². The summed E-state index contributed by atoms with van der Waals surface area (Å²) in [5.41, 5.74) is 6.94. The molecule has 4 nitrogen and oxygen atoms in total. The van der Waals surface area contributed by atoms with Gasteiger partial charge in [0.2, 0.25) is 5.91 Å². The van der Waals surface area contributed by atoms with Gasteiger partial charge in [-0.25, -0.2) is 5.43 Å². The number of carbonyl (C=O) groups excluding carboxylic acids is 1. The molecule has 124 valence electrons. The summed E-state index contributed by atoms with van der Waals surface area (Å²) in [6, 6.07) is 18.2. The van der Waals surface area contributed by atoms with E-state index >= 15 is 0 Å². The molecule has 2 atom stereocenters. The average molecular weight is 329 g/mol. The first-order valence-electron chi connectivity index (χ1n) is 8.45. The summed E-state index contributed by atoms with van der Waals surface area (Å²) in [6.45, 7) is 2.03. The molecule has 1 amide bonds. The van der Waals surface area contributed by atoms with Crippen LogP contribution in [-0.4, -0.2) is 17.1 Å². The third kappa shape index (κ3) is 3.29. The van der Waals surface area contributed by atoms with Crippen molar-refractivity contribution in [3.8, 4) is 0 Å². The lowest BCUT2D eigenvalue weighted by molar-refractivity contribution is -0.122. The van der Waals surface area contributed by atoms with Crippen LogP contribution in [0.15, 0.2) is 65.9 Å². The van der Waals surface area contributed by atoms with E-state index in [-0.39, 0.29) is 11.8 Å². The SMILES string of the molecule is Cc1cc(/C=N/NC(=O)[C@@H]2C[C@H]2c2ccccc2)cc2cccnc12. The van der Waals surface area contributed by atoms with E-state index < -0.39 is 0 Å². The molecule has 25 heavy (non-hydrogen) atoms. The van der Waals surface area contributed by atoms with Gasteiger partial charge < -0.3 is 0 Å². The fourth-order valence-corrected chi connectivity index (χ4v) is 3.28. The summed E-state index contributed by atoms with van der Waals surface area (Å²) in [7, 11) is 0. The van der Waals surface area contributed by atoms with Crippen molar-refractivity contribution in [3.05, 3.63) is 77.5 Å². The van der Waals surface area contributed by atoms with Crippen LogP contribution in [0.4, 0.5) is 0 Å². The van der Waals surface area contributed by atoms with Crippen LogP contribution in [-0.2, 0) is 4.79 Å². The van der Waals surface area contributed by atoms with Gasteiger partial charge in [-0.05, 0) is 54.2 Å². The number of hydrogen-bond acceptors (Lipinski definition) is 3. The smallest absolute Gasteiger partial charge is 0.243 e. The lowest BCUT2D eigenvalue weighted by Gasteiger charge is -2.03. The Morgan fingerprint density at radius 2 is 2.04 bits per heavy atom. The topological polar surface area (TPSA) is 54.4 Å². The minimum absolute atomic E-state index is 0.00993. The summed E-state index contributed by atoms with van der Waals surface area (Å²) in [4.78, 5) is 16.6. The molecule has 1 saturated carbocycles. The van der Waals surface area contributed by atoms with Gasteiger partial charge in [0.05, 0.1) is 11.7 Å². The number of carbonyl (C=O) groups is 1. The van der Waals surface area contributed by atoms with E-state index in [0.29, 0.717) is 5.92 Å². The Labute approximate surface area is 146 Å². The minimum atomic E-state index is -0.00993. The number of nitrogens with one attached hydrogen (secondary N) is 1. The molecule has 1 aliphatic rings. The van der Waals surface area contributed by atoms with Gasteiger partial charge >= 0.3 is 0 Å². The largest absolute Gasteiger partial charge is 0.273 e. The molecule has 3 aromatic rings. The van der Waals surface area contributed by atoms with Gasteiger partial charge in [0, 0.05) is 17.5 Å². The van der Waals surface area contributed by atoms with Crippen molar-refractivity contribution in [2.45, 2.75) is 19.3 Å². The molecule has 4 rings (SSSR count). The fourth-order valence-electron chi connectivity index (χ4n) is 3.28. The highest BCUT2D eigenvalue weighted by Crippen LogP contribution is 2.47. The second-order valence-electron chi connectivity index (χ2n) is 6.51. The van der Waals surface area contributed by atoms with E-state index in [1.807, 2.05) is 49.4 Å². The van der Waals surface area contributed by atoms with Crippen LogP contribution in [0.2, 0.25) is 0 Å². The third-order valence-electron chi connectivity index (χ3n) is 4.66. The number of pyridine rings is 1. The molecule has 0 bridgehead atoms. The molecule has 1 aliphatic carbocycles. The number of amides is 1. The summed E-state index contributed by atoms with van der Waals surface area (Å²) in [5, 5.41) is 5.20. The maximum absolute atomic E-state index is 12.2. The van der Waals surface area contributed by atoms with E-state index in [9.17, 15) is 4.79 Å². The molecular formula is C21H19N3O. The predicted octanol–water partition coefficient (Wildman–Crippen LogP) is 3.80.